The minimum atomic E-state index is -0.616. The van der Waals surface area contributed by atoms with Crippen LogP contribution in [0.1, 0.15) is 38.8 Å². The van der Waals surface area contributed by atoms with Crippen LogP contribution in [0.4, 0.5) is 21.9 Å². The number of hydrogen-bond acceptors (Lipinski definition) is 5. The van der Waals surface area contributed by atoms with Gasteiger partial charge in [-0.3, -0.25) is 14.4 Å². The molecule has 0 radical (unpaired) electrons. The number of carbonyl (C=O) groups excluding carboxylic acids is 4. The maximum Gasteiger partial charge on any atom is 0.331 e. The summed E-state index contributed by atoms with van der Waals surface area (Å²) in [6.45, 7) is 8.22. The van der Waals surface area contributed by atoms with Gasteiger partial charge in [0.25, 0.3) is 11.8 Å². The number of piperazine rings is 1. The van der Waals surface area contributed by atoms with Crippen LogP contribution in [0, 0.1) is 19.8 Å². The van der Waals surface area contributed by atoms with Gasteiger partial charge in [-0.25, -0.2) is 9.69 Å². The van der Waals surface area contributed by atoms with E-state index >= 15 is 0 Å². The number of para-hydroxylation sites is 2. The average molecular weight is 630 g/mol. The highest BCUT2D eigenvalue weighted by Crippen LogP contribution is 2.36. The summed E-state index contributed by atoms with van der Waals surface area (Å²) in [4.78, 5) is 61.8. The van der Waals surface area contributed by atoms with Gasteiger partial charge in [0.15, 0.2) is 0 Å². The van der Waals surface area contributed by atoms with Crippen LogP contribution in [0.2, 0.25) is 0 Å². The summed E-state index contributed by atoms with van der Waals surface area (Å²) in [5, 5.41) is 3.00. The number of urea groups is 1. The molecular formula is C38H39N5O4. The number of imide groups is 1. The minimum Gasteiger partial charge on any atom is -0.322 e. The molecule has 1 fully saturated rings. The van der Waals surface area contributed by atoms with Gasteiger partial charge in [0.1, 0.15) is 0 Å². The van der Waals surface area contributed by atoms with E-state index in [1.807, 2.05) is 63.4 Å². The summed E-state index contributed by atoms with van der Waals surface area (Å²) in [7, 11) is 2.01. The first-order valence-corrected chi connectivity index (χ1v) is 15.9. The van der Waals surface area contributed by atoms with E-state index in [0.29, 0.717) is 46.8 Å². The number of amides is 5. The molecule has 9 nitrogen and oxygen atoms in total. The molecule has 1 atom stereocenters. The summed E-state index contributed by atoms with van der Waals surface area (Å²) in [5.74, 6) is -1.49. The molecule has 0 aliphatic carbocycles. The second kappa shape index (κ2) is 13.2. The third kappa shape index (κ3) is 6.39. The molecule has 2 aliphatic rings. The number of rotatable bonds is 4. The fourth-order valence-corrected chi connectivity index (χ4v) is 6.19. The van der Waals surface area contributed by atoms with Gasteiger partial charge in [0.2, 0.25) is 5.91 Å². The molecule has 0 saturated carbocycles. The second-order valence-corrected chi connectivity index (χ2v) is 12.4. The minimum absolute atomic E-state index is 0.120. The van der Waals surface area contributed by atoms with Crippen LogP contribution in [0.5, 0.6) is 0 Å². The molecule has 2 heterocycles. The Morgan fingerprint density at radius 3 is 2.13 bits per heavy atom. The molecule has 4 aromatic rings. The first-order chi connectivity index (χ1) is 22.6. The van der Waals surface area contributed by atoms with Crippen molar-refractivity contribution >= 4 is 40.8 Å². The average Bonchev–Trinajstić information content (AvgIpc) is 3.18. The van der Waals surface area contributed by atoms with Gasteiger partial charge in [0.05, 0.1) is 17.3 Å². The quantitative estimate of drug-likeness (QED) is 0.289. The highest BCUT2D eigenvalue weighted by atomic mass is 16.2. The molecular weight excluding hydrogens is 590 g/mol. The normalized spacial score (nSPS) is 16.8. The van der Waals surface area contributed by atoms with Crippen LogP contribution in [0.3, 0.4) is 0 Å². The highest BCUT2D eigenvalue weighted by molar-refractivity contribution is 6.20. The van der Waals surface area contributed by atoms with E-state index in [-0.39, 0.29) is 30.3 Å². The van der Waals surface area contributed by atoms with E-state index in [1.165, 1.54) is 4.90 Å². The number of likely N-dealkylation sites (N-methyl/N-ethyl adjacent to an activating group) is 1. The van der Waals surface area contributed by atoms with Crippen LogP contribution in [0.15, 0.2) is 91.0 Å². The Balaban J connectivity index is 1.26. The monoisotopic (exact) mass is 629 g/mol. The van der Waals surface area contributed by atoms with Gasteiger partial charge in [-0.05, 0) is 74.0 Å². The van der Waals surface area contributed by atoms with Crippen LogP contribution in [0.25, 0.3) is 11.1 Å². The number of hydrogen-bond donors (Lipinski definition) is 1. The Morgan fingerprint density at radius 2 is 1.43 bits per heavy atom. The SMILES string of the molecule is Cc1ccc(-c2ccccc2C(=O)Nc2ccc(C(=O)N3CC(C)C(=O)N(C(=O)N4CCN(C)CC4)c4ccccc43)c(C)c2)cc1. The Bertz CT molecular complexity index is 1850. The molecule has 2 aliphatic heterocycles. The van der Waals surface area contributed by atoms with Crippen LogP contribution >= 0.6 is 0 Å². The maximum atomic E-state index is 14.2. The Kier molecular flexibility index (Phi) is 8.91. The van der Waals surface area contributed by atoms with Gasteiger partial charge >= 0.3 is 6.03 Å². The highest BCUT2D eigenvalue weighted by Gasteiger charge is 2.39. The maximum absolute atomic E-state index is 14.2. The lowest BCUT2D eigenvalue weighted by Gasteiger charge is -2.35. The zero-order chi connectivity index (χ0) is 33.2. The molecule has 6 rings (SSSR count). The number of benzene rings is 4. The number of aryl methyl sites for hydroxylation is 2. The molecule has 0 spiro atoms. The van der Waals surface area contributed by atoms with Gasteiger partial charge in [-0.15, -0.1) is 0 Å². The fraction of sp³-hybridized carbons (Fsp3) is 0.263. The molecule has 5 amide bonds. The summed E-state index contributed by atoms with van der Waals surface area (Å²) in [6, 6.07) is 27.4. The van der Waals surface area contributed by atoms with E-state index in [0.717, 1.165) is 29.8 Å². The van der Waals surface area contributed by atoms with Crippen molar-refractivity contribution in [1.82, 2.24) is 9.80 Å². The largest absolute Gasteiger partial charge is 0.331 e. The van der Waals surface area contributed by atoms with Crippen molar-refractivity contribution < 1.29 is 19.2 Å². The molecule has 1 N–H and O–H groups in total. The van der Waals surface area contributed by atoms with Gasteiger partial charge < -0.3 is 20.0 Å². The molecule has 1 unspecified atom stereocenters. The zero-order valence-electron chi connectivity index (χ0n) is 27.2. The standard InChI is InChI=1S/C38H39N5O4/c1-25-13-15-28(16-14-25)31-9-5-6-10-32(31)35(44)39-29-17-18-30(26(2)23-29)37(46)42-24-27(3)36(45)43(34-12-8-7-11-33(34)42)38(47)41-21-19-40(4)20-22-41/h5-18,23,27H,19-22,24H2,1-4H3,(H,39,44). The molecule has 47 heavy (non-hydrogen) atoms. The van der Waals surface area contributed by atoms with Crippen molar-refractivity contribution in [2.24, 2.45) is 5.92 Å². The van der Waals surface area contributed by atoms with E-state index in [4.69, 9.17) is 0 Å². The fourth-order valence-electron chi connectivity index (χ4n) is 6.19. The summed E-state index contributed by atoms with van der Waals surface area (Å²) >= 11 is 0. The van der Waals surface area contributed by atoms with Crippen molar-refractivity contribution in [2.75, 3.05) is 54.9 Å². The van der Waals surface area contributed by atoms with Crippen molar-refractivity contribution in [2.45, 2.75) is 20.8 Å². The van der Waals surface area contributed by atoms with Crippen LogP contribution < -0.4 is 15.1 Å². The van der Waals surface area contributed by atoms with Crippen LogP contribution in [-0.4, -0.2) is 73.3 Å². The molecule has 0 aromatic heterocycles. The first-order valence-electron chi connectivity index (χ1n) is 15.9. The zero-order valence-corrected chi connectivity index (χ0v) is 27.2. The van der Waals surface area contributed by atoms with Crippen molar-refractivity contribution in [1.29, 1.82) is 0 Å². The summed E-state index contributed by atoms with van der Waals surface area (Å²) in [6.07, 6.45) is 0. The Morgan fingerprint density at radius 1 is 0.766 bits per heavy atom. The predicted molar refractivity (Wildman–Crippen MR) is 185 cm³/mol. The lowest BCUT2D eigenvalue weighted by atomic mass is 9.98. The van der Waals surface area contributed by atoms with Crippen molar-refractivity contribution in [3.8, 4) is 11.1 Å². The first kappa shape index (κ1) is 31.7. The van der Waals surface area contributed by atoms with Gasteiger partial charge in [-0.2, -0.15) is 0 Å². The van der Waals surface area contributed by atoms with Gasteiger partial charge in [-0.1, -0.05) is 67.1 Å². The molecule has 0 bridgehead atoms. The topological polar surface area (TPSA) is 93.3 Å². The number of carbonyl (C=O) groups is 4. The lowest BCUT2D eigenvalue weighted by molar-refractivity contribution is -0.120. The second-order valence-electron chi connectivity index (χ2n) is 12.4. The van der Waals surface area contributed by atoms with E-state index in [9.17, 15) is 19.2 Å². The summed E-state index contributed by atoms with van der Waals surface area (Å²) in [5.41, 5.74) is 6.04. The van der Waals surface area contributed by atoms with Crippen LogP contribution in [-0.2, 0) is 4.79 Å². The molecule has 4 aromatic carbocycles. The molecule has 240 valence electrons. The predicted octanol–water partition coefficient (Wildman–Crippen LogP) is 6.22. The molecule has 1 saturated heterocycles. The lowest BCUT2D eigenvalue weighted by Crippen LogP contribution is -2.54. The number of fused-ring (bicyclic) bond motifs is 1. The van der Waals surface area contributed by atoms with Gasteiger partial charge in [0, 0.05) is 49.5 Å². The third-order valence-electron chi connectivity index (χ3n) is 8.97. The van der Waals surface area contributed by atoms with Crippen molar-refractivity contribution in [3.05, 3.63) is 113 Å². The molecule has 9 heteroatoms. The Hall–Kier alpha value is -5.28. The third-order valence-corrected chi connectivity index (χ3v) is 8.97. The Labute approximate surface area is 275 Å². The van der Waals surface area contributed by atoms with Crippen molar-refractivity contribution in [3.63, 3.8) is 0 Å². The number of anilines is 3. The summed E-state index contributed by atoms with van der Waals surface area (Å²) < 4.78 is 0. The van der Waals surface area contributed by atoms with E-state index in [1.54, 1.807) is 65.3 Å². The number of nitrogens with one attached hydrogen (secondary N) is 1. The number of nitrogens with zero attached hydrogens (tertiary/aromatic N) is 4. The smallest absolute Gasteiger partial charge is 0.322 e. The van der Waals surface area contributed by atoms with E-state index in [2.05, 4.69) is 10.2 Å². The van der Waals surface area contributed by atoms with E-state index < -0.39 is 5.92 Å².